The van der Waals surface area contributed by atoms with Gasteiger partial charge in [-0.3, -0.25) is 14.6 Å². The summed E-state index contributed by atoms with van der Waals surface area (Å²) < 4.78 is 0. The second-order valence-corrected chi connectivity index (χ2v) is 7.49. The van der Waals surface area contributed by atoms with Crippen molar-refractivity contribution in [1.29, 1.82) is 0 Å². The summed E-state index contributed by atoms with van der Waals surface area (Å²) in [6.07, 6.45) is 3.13. The third-order valence-electron chi connectivity index (χ3n) is 4.22. The maximum absolute atomic E-state index is 12.4. The second kappa shape index (κ2) is 8.57. The molecule has 0 atom stereocenters. The molecule has 3 rings (SSSR count). The number of aromatic nitrogens is 3. The zero-order chi connectivity index (χ0) is 20.9. The number of hydrogen-bond acceptors (Lipinski definition) is 4. The van der Waals surface area contributed by atoms with Gasteiger partial charge in [0, 0.05) is 17.0 Å². The molecule has 0 aliphatic rings. The number of H-pyrrole nitrogens is 1. The lowest BCUT2D eigenvalue weighted by molar-refractivity contribution is 0.0947. The fourth-order valence-corrected chi connectivity index (χ4v) is 2.68. The fourth-order valence-electron chi connectivity index (χ4n) is 2.68. The number of carbonyl (C=O) groups excluding carboxylic acids is 2. The van der Waals surface area contributed by atoms with Crippen LogP contribution >= 0.6 is 0 Å². The first-order valence-electron chi connectivity index (χ1n) is 9.27. The Morgan fingerprint density at radius 1 is 1.00 bits per heavy atom. The van der Waals surface area contributed by atoms with Gasteiger partial charge in [0.25, 0.3) is 11.8 Å². The van der Waals surface area contributed by atoms with E-state index in [1.165, 1.54) is 6.20 Å². The molecule has 1 aromatic carbocycles. The van der Waals surface area contributed by atoms with E-state index in [0.29, 0.717) is 11.3 Å². The van der Waals surface area contributed by atoms with Gasteiger partial charge in [-0.1, -0.05) is 50.8 Å². The Bertz CT molecular complexity index is 1090. The summed E-state index contributed by atoms with van der Waals surface area (Å²) in [5, 5.41) is 6.26. The third-order valence-corrected chi connectivity index (χ3v) is 4.22. The number of nitrogens with one attached hydrogen (secondary N) is 3. The van der Waals surface area contributed by atoms with Crippen LogP contribution in [0.4, 0.5) is 0 Å². The molecule has 3 N–H and O–H groups in total. The molecule has 148 valence electrons. The Morgan fingerprint density at radius 3 is 2.38 bits per heavy atom. The highest BCUT2D eigenvalue weighted by atomic mass is 16.2. The lowest BCUT2D eigenvalue weighted by atomic mass is 9.96. The summed E-state index contributed by atoms with van der Waals surface area (Å²) >= 11 is 0. The van der Waals surface area contributed by atoms with Crippen LogP contribution in [0.15, 0.2) is 42.7 Å². The zero-order valence-electron chi connectivity index (χ0n) is 16.7. The van der Waals surface area contributed by atoms with E-state index in [4.69, 9.17) is 0 Å². The second-order valence-electron chi connectivity index (χ2n) is 7.49. The van der Waals surface area contributed by atoms with Gasteiger partial charge in [0.05, 0.1) is 30.4 Å². The molecule has 2 amide bonds. The highest BCUT2D eigenvalue weighted by Gasteiger charge is 2.19. The predicted octanol–water partition coefficient (Wildman–Crippen LogP) is 2.42. The van der Waals surface area contributed by atoms with Gasteiger partial charge in [0.15, 0.2) is 0 Å². The first-order valence-corrected chi connectivity index (χ1v) is 9.27. The van der Waals surface area contributed by atoms with Crippen LogP contribution in [0.25, 0.3) is 10.9 Å². The molecule has 2 heterocycles. The standard InChI is InChI=1S/C22H23N5O2/c1-22(2,3)21-26-14-18(27-21)20(29)25-12-7-6-11-24-19(28)16-10-13-23-17-9-5-4-8-15(16)17/h4-5,8-10,13-14H,11-12H2,1-3H3,(H,24,28)(H,25,29)(H,26,27). The van der Waals surface area contributed by atoms with Gasteiger partial charge in [-0.2, -0.15) is 0 Å². The van der Waals surface area contributed by atoms with Crippen molar-refractivity contribution in [3.05, 3.63) is 59.8 Å². The summed E-state index contributed by atoms with van der Waals surface area (Å²) in [6, 6.07) is 9.15. The zero-order valence-corrected chi connectivity index (χ0v) is 16.7. The Labute approximate surface area is 169 Å². The maximum atomic E-state index is 12.4. The van der Waals surface area contributed by atoms with Crippen molar-refractivity contribution in [2.24, 2.45) is 0 Å². The molecular weight excluding hydrogens is 366 g/mol. The average molecular weight is 389 g/mol. The van der Waals surface area contributed by atoms with Crippen molar-refractivity contribution in [2.45, 2.75) is 26.2 Å². The summed E-state index contributed by atoms with van der Waals surface area (Å²) in [4.78, 5) is 36.0. The summed E-state index contributed by atoms with van der Waals surface area (Å²) in [5.74, 6) is 5.92. The molecule has 0 aliphatic heterocycles. The number of hydrogen-bond donors (Lipinski definition) is 3. The SMILES string of the molecule is CC(C)(C)c1ncc(C(=O)NCC#CCNC(=O)c2ccnc3ccccc23)[nH]1. The molecule has 7 nitrogen and oxygen atoms in total. The van der Waals surface area contributed by atoms with Crippen molar-refractivity contribution in [1.82, 2.24) is 25.6 Å². The van der Waals surface area contributed by atoms with E-state index in [9.17, 15) is 9.59 Å². The van der Waals surface area contributed by atoms with E-state index < -0.39 is 0 Å². The minimum absolute atomic E-state index is 0.156. The molecule has 0 radical (unpaired) electrons. The van der Waals surface area contributed by atoms with E-state index in [1.807, 2.05) is 45.0 Å². The van der Waals surface area contributed by atoms with E-state index in [0.717, 1.165) is 16.7 Å². The lowest BCUT2D eigenvalue weighted by Gasteiger charge is -2.13. The number of benzene rings is 1. The van der Waals surface area contributed by atoms with Gasteiger partial charge in [-0.25, -0.2) is 4.98 Å². The normalized spacial score (nSPS) is 10.9. The van der Waals surface area contributed by atoms with Crippen molar-refractivity contribution in [2.75, 3.05) is 13.1 Å². The van der Waals surface area contributed by atoms with Crippen LogP contribution in [-0.2, 0) is 5.41 Å². The molecule has 0 bridgehead atoms. The highest BCUT2D eigenvalue weighted by Crippen LogP contribution is 2.18. The number of carbonyl (C=O) groups is 2. The van der Waals surface area contributed by atoms with Crippen LogP contribution in [0, 0.1) is 11.8 Å². The number of para-hydroxylation sites is 1. The number of fused-ring (bicyclic) bond motifs is 1. The Balaban J connectivity index is 1.49. The summed E-state index contributed by atoms with van der Waals surface area (Å²) in [5.41, 5.74) is 1.56. The van der Waals surface area contributed by atoms with Crippen molar-refractivity contribution >= 4 is 22.7 Å². The number of pyridine rings is 1. The van der Waals surface area contributed by atoms with Crippen LogP contribution in [0.2, 0.25) is 0 Å². The van der Waals surface area contributed by atoms with Crippen LogP contribution in [-0.4, -0.2) is 39.9 Å². The predicted molar refractivity (Wildman–Crippen MR) is 111 cm³/mol. The molecule has 7 heteroatoms. The number of imidazole rings is 1. The number of rotatable bonds is 4. The monoisotopic (exact) mass is 389 g/mol. The molecule has 0 spiro atoms. The Kier molecular flexibility index (Phi) is 5.93. The Hall–Kier alpha value is -3.66. The van der Waals surface area contributed by atoms with Crippen LogP contribution < -0.4 is 10.6 Å². The first kappa shape index (κ1) is 20.1. The number of amides is 2. The van der Waals surface area contributed by atoms with Crippen molar-refractivity contribution in [3.63, 3.8) is 0 Å². The van der Waals surface area contributed by atoms with E-state index in [-0.39, 0.29) is 30.3 Å². The Morgan fingerprint density at radius 2 is 1.69 bits per heavy atom. The van der Waals surface area contributed by atoms with Gasteiger partial charge < -0.3 is 15.6 Å². The maximum Gasteiger partial charge on any atom is 0.270 e. The average Bonchev–Trinajstić information content (AvgIpc) is 3.21. The fraction of sp³-hybridized carbons (Fsp3) is 0.273. The minimum Gasteiger partial charge on any atom is -0.341 e. The van der Waals surface area contributed by atoms with E-state index in [1.54, 1.807) is 12.3 Å². The van der Waals surface area contributed by atoms with E-state index >= 15 is 0 Å². The first-order chi connectivity index (χ1) is 13.9. The largest absolute Gasteiger partial charge is 0.341 e. The van der Waals surface area contributed by atoms with E-state index in [2.05, 4.69) is 37.4 Å². The molecule has 2 aromatic heterocycles. The van der Waals surface area contributed by atoms with Crippen LogP contribution in [0.5, 0.6) is 0 Å². The number of nitrogens with zero attached hydrogens (tertiary/aromatic N) is 2. The highest BCUT2D eigenvalue weighted by molar-refractivity contribution is 6.06. The van der Waals surface area contributed by atoms with Crippen molar-refractivity contribution in [3.8, 4) is 11.8 Å². The lowest BCUT2D eigenvalue weighted by Crippen LogP contribution is -2.25. The topological polar surface area (TPSA) is 99.8 Å². The molecule has 3 aromatic rings. The molecule has 0 unspecified atom stereocenters. The van der Waals surface area contributed by atoms with Gasteiger partial charge in [0.2, 0.25) is 0 Å². The molecule has 29 heavy (non-hydrogen) atoms. The molecular formula is C22H23N5O2. The van der Waals surface area contributed by atoms with Crippen molar-refractivity contribution < 1.29 is 9.59 Å². The van der Waals surface area contributed by atoms with Gasteiger partial charge in [-0.05, 0) is 12.1 Å². The minimum atomic E-state index is -0.269. The van der Waals surface area contributed by atoms with Gasteiger partial charge >= 0.3 is 0 Å². The van der Waals surface area contributed by atoms with Gasteiger partial charge in [-0.15, -0.1) is 0 Å². The molecule has 0 aliphatic carbocycles. The number of aromatic amines is 1. The molecule has 0 fully saturated rings. The van der Waals surface area contributed by atoms with Crippen LogP contribution in [0.3, 0.4) is 0 Å². The summed E-state index contributed by atoms with van der Waals surface area (Å²) in [6.45, 7) is 6.41. The van der Waals surface area contributed by atoms with Gasteiger partial charge in [0.1, 0.15) is 11.5 Å². The quantitative estimate of drug-likeness (QED) is 0.597. The molecule has 0 saturated carbocycles. The molecule has 0 saturated heterocycles. The third kappa shape index (κ3) is 4.99. The smallest absolute Gasteiger partial charge is 0.270 e. The summed E-state index contributed by atoms with van der Waals surface area (Å²) in [7, 11) is 0. The van der Waals surface area contributed by atoms with Crippen LogP contribution in [0.1, 0.15) is 47.4 Å².